The van der Waals surface area contributed by atoms with E-state index in [0.717, 1.165) is 16.7 Å². The van der Waals surface area contributed by atoms with Crippen LogP contribution in [-0.4, -0.2) is 56.2 Å². The molecule has 0 atom stereocenters. The quantitative estimate of drug-likeness (QED) is 0.0855. The molecule has 51 heavy (non-hydrogen) atoms. The van der Waals surface area contributed by atoms with Crippen molar-refractivity contribution in [3.63, 3.8) is 0 Å². The van der Waals surface area contributed by atoms with Gasteiger partial charge in [0.15, 0.2) is 0 Å². The number of benzene rings is 3. The summed E-state index contributed by atoms with van der Waals surface area (Å²) in [7, 11) is 0. The molecule has 0 aromatic heterocycles. The molecule has 0 aliphatic heterocycles. The van der Waals surface area contributed by atoms with Crippen LogP contribution in [0.1, 0.15) is 77.3 Å². The van der Waals surface area contributed by atoms with Crippen LogP contribution in [0.2, 0.25) is 0 Å². The summed E-state index contributed by atoms with van der Waals surface area (Å²) in [6.07, 6.45) is -3.98. The molecule has 3 aromatic rings. The van der Waals surface area contributed by atoms with Gasteiger partial charge in [-0.15, -0.1) is 0 Å². The standard InChI is InChI=1S/C36H38O15/c1-21-7-10-28(24(4)17-21)31(37)46-49-34(40)43-15-13-27(20-45-36(42)51-48-33(39)30-12-9-23(3)19-26(30)6)14-16-44-35(41)50-47-32(38)29-11-8-22(2)18-25(29)5/h7-12,17-19,27H,13-16,20H2,1-6H3. The Kier molecular flexibility index (Phi) is 14.8. The smallest absolute Gasteiger partial charge is 0.432 e. The van der Waals surface area contributed by atoms with Gasteiger partial charge in [-0.25, -0.2) is 43.7 Å². The fraction of sp³-hybridized carbons (Fsp3) is 0.333. The first-order valence-electron chi connectivity index (χ1n) is 15.6. The minimum absolute atomic E-state index is 0.00976. The molecule has 15 nitrogen and oxygen atoms in total. The molecule has 272 valence electrons. The van der Waals surface area contributed by atoms with Crippen molar-refractivity contribution in [2.24, 2.45) is 5.92 Å². The molecule has 0 amide bonds. The van der Waals surface area contributed by atoms with Crippen LogP contribution in [-0.2, 0) is 43.5 Å². The molecule has 0 unspecified atom stereocenters. The second-order valence-electron chi connectivity index (χ2n) is 11.5. The maximum Gasteiger partial charge on any atom is 0.549 e. The molecule has 0 spiro atoms. The van der Waals surface area contributed by atoms with Gasteiger partial charge in [0.05, 0.1) is 36.5 Å². The number of ether oxygens (including phenoxy) is 3. The maximum atomic E-state index is 12.3. The summed E-state index contributed by atoms with van der Waals surface area (Å²) in [4.78, 5) is 100. The Labute approximate surface area is 293 Å². The highest BCUT2D eigenvalue weighted by Crippen LogP contribution is 2.16. The molecular formula is C36H38O15. The maximum absolute atomic E-state index is 12.3. The average molecular weight is 711 g/mol. The van der Waals surface area contributed by atoms with Crippen molar-refractivity contribution in [1.29, 1.82) is 0 Å². The van der Waals surface area contributed by atoms with Crippen LogP contribution in [0.5, 0.6) is 0 Å². The Bertz CT molecular complexity index is 1660. The monoisotopic (exact) mass is 710 g/mol. The number of carbonyl (C=O) groups is 6. The third-order valence-electron chi connectivity index (χ3n) is 7.29. The van der Waals surface area contributed by atoms with E-state index in [-0.39, 0.29) is 49.4 Å². The highest BCUT2D eigenvalue weighted by atomic mass is 17.2. The molecule has 0 fully saturated rings. The SMILES string of the molecule is Cc1ccc(C(=O)OOC(=O)OCCC(CCOC(=O)OOC(=O)c2ccc(C)cc2C)COC(=O)OOC(=O)c2ccc(C)cc2C)c(C)c1. The lowest BCUT2D eigenvalue weighted by Gasteiger charge is -2.16. The van der Waals surface area contributed by atoms with Crippen molar-refractivity contribution < 1.29 is 72.3 Å². The van der Waals surface area contributed by atoms with Crippen LogP contribution >= 0.6 is 0 Å². The Hall–Kier alpha value is -6.12. The van der Waals surface area contributed by atoms with Gasteiger partial charge in [0.25, 0.3) is 0 Å². The van der Waals surface area contributed by atoms with Crippen LogP contribution in [0, 0.1) is 47.5 Å². The fourth-order valence-electron chi connectivity index (χ4n) is 4.67. The molecule has 0 saturated heterocycles. The summed E-state index contributed by atoms with van der Waals surface area (Å²) in [6.45, 7) is 9.61. The molecule has 0 heterocycles. The Morgan fingerprint density at radius 1 is 0.451 bits per heavy atom. The predicted molar refractivity (Wildman–Crippen MR) is 174 cm³/mol. The van der Waals surface area contributed by atoms with Crippen molar-refractivity contribution in [3.8, 4) is 0 Å². The van der Waals surface area contributed by atoms with E-state index in [2.05, 4.69) is 29.3 Å². The Morgan fingerprint density at radius 3 is 1.08 bits per heavy atom. The molecule has 0 aliphatic rings. The lowest BCUT2D eigenvalue weighted by atomic mass is 10.0. The van der Waals surface area contributed by atoms with Crippen LogP contribution in [0.15, 0.2) is 54.6 Å². The van der Waals surface area contributed by atoms with E-state index in [9.17, 15) is 28.8 Å². The number of rotatable bonds is 11. The summed E-state index contributed by atoms with van der Waals surface area (Å²) in [5, 5.41) is 0. The number of hydrogen-bond donors (Lipinski definition) is 0. The van der Waals surface area contributed by atoms with E-state index >= 15 is 0 Å². The van der Waals surface area contributed by atoms with Crippen LogP contribution in [0.3, 0.4) is 0 Å². The normalized spacial score (nSPS) is 10.4. The van der Waals surface area contributed by atoms with Crippen molar-refractivity contribution in [1.82, 2.24) is 0 Å². The Morgan fingerprint density at radius 2 is 0.765 bits per heavy atom. The largest absolute Gasteiger partial charge is 0.549 e. The van der Waals surface area contributed by atoms with E-state index in [0.29, 0.717) is 16.7 Å². The highest BCUT2D eigenvalue weighted by molar-refractivity contribution is 5.92. The first kappa shape index (κ1) is 39.3. The van der Waals surface area contributed by atoms with Gasteiger partial charge in [-0.05, 0) is 95.2 Å². The first-order chi connectivity index (χ1) is 24.2. The zero-order chi connectivity index (χ0) is 37.5. The van der Waals surface area contributed by atoms with Crippen molar-refractivity contribution in [2.75, 3.05) is 19.8 Å². The molecule has 0 radical (unpaired) electrons. The van der Waals surface area contributed by atoms with E-state index in [4.69, 9.17) is 14.2 Å². The molecule has 0 aliphatic carbocycles. The fourth-order valence-corrected chi connectivity index (χ4v) is 4.67. The van der Waals surface area contributed by atoms with Crippen LogP contribution in [0.4, 0.5) is 14.4 Å². The van der Waals surface area contributed by atoms with Gasteiger partial charge in [-0.3, -0.25) is 0 Å². The zero-order valence-corrected chi connectivity index (χ0v) is 28.9. The third-order valence-corrected chi connectivity index (χ3v) is 7.29. The lowest BCUT2D eigenvalue weighted by Crippen LogP contribution is -2.22. The van der Waals surface area contributed by atoms with E-state index in [1.54, 1.807) is 57.2 Å². The molecule has 3 rings (SSSR count). The second-order valence-corrected chi connectivity index (χ2v) is 11.5. The summed E-state index contributed by atoms with van der Waals surface area (Å²) in [5.41, 5.74) is 5.16. The van der Waals surface area contributed by atoms with E-state index in [1.807, 2.05) is 20.8 Å². The summed E-state index contributed by atoms with van der Waals surface area (Å²) in [5.74, 6) is -3.38. The molecule has 3 aromatic carbocycles. The minimum Gasteiger partial charge on any atom is -0.432 e. The van der Waals surface area contributed by atoms with Crippen LogP contribution in [0.25, 0.3) is 0 Å². The summed E-state index contributed by atoms with van der Waals surface area (Å²) < 4.78 is 14.9. The van der Waals surface area contributed by atoms with Gasteiger partial charge in [-0.1, -0.05) is 53.1 Å². The summed E-state index contributed by atoms with van der Waals surface area (Å²) >= 11 is 0. The van der Waals surface area contributed by atoms with Gasteiger partial charge < -0.3 is 14.2 Å². The van der Waals surface area contributed by atoms with E-state index in [1.165, 1.54) is 18.2 Å². The third kappa shape index (κ3) is 13.0. The second kappa shape index (κ2) is 19.2. The Balaban J connectivity index is 1.48. The van der Waals surface area contributed by atoms with Gasteiger partial charge in [0, 0.05) is 0 Å². The predicted octanol–water partition coefficient (Wildman–Crippen LogP) is 7.01. The van der Waals surface area contributed by atoms with Crippen molar-refractivity contribution in [3.05, 3.63) is 105 Å². The van der Waals surface area contributed by atoms with Crippen molar-refractivity contribution in [2.45, 2.75) is 54.4 Å². The highest BCUT2D eigenvalue weighted by Gasteiger charge is 2.21. The van der Waals surface area contributed by atoms with Crippen LogP contribution < -0.4 is 0 Å². The zero-order valence-electron chi connectivity index (χ0n) is 28.9. The average Bonchev–Trinajstić information content (AvgIpc) is 3.07. The van der Waals surface area contributed by atoms with E-state index < -0.39 is 42.3 Å². The topological polar surface area (TPSA) is 185 Å². The molecule has 0 bridgehead atoms. The van der Waals surface area contributed by atoms with Gasteiger partial charge in [0.1, 0.15) is 0 Å². The molecule has 0 N–H and O–H groups in total. The molecule has 0 saturated carbocycles. The van der Waals surface area contributed by atoms with Gasteiger partial charge in [0.2, 0.25) is 0 Å². The lowest BCUT2D eigenvalue weighted by molar-refractivity contribution is -0.206. The summed E-state index contributed by atoms with van der Waals surface area (Å²) in [6, 6.07) is 14.9. The number of aryl methyl sites for hydroxylation is 6. The number of carbonyl (C=O) groups excluding carboxylic acids is 6. The minimum atomic E-state index is -1.35. The first-order valence-corrected chi connectivity index (χ1v) is 15.6. The van der Waals surface area contributed by atoms with Gasteiger partial charge in [-0.2, -0.15) is 14.4 Å². The van der Waals surface area contributed by atoms with Crippen molar-refractivity contribution >= 4 is 36.4 Å². The van der Waals surface area contributed by atoms with Gasteiger partial charge >= 0.3 is 36.4 Å². The molecule has 15 heteroatoms. The molecular weight excluding hydrogens is 672 g/mol. The number of hydrogen-bond acceptors (Lipinski definition) is 15.